The number of para-hydroxylation sites is 1. The number of esters is 1. The van der Waals surface area contributed by atoms with E-state index in [9.17, 15) is 4.79 Å². The Bertz CT molecular complexity index is 601. The Morgan fingerprint density at radius 2 is 2.28 bits per heavy atom. The van der Waals surface area contributed by atoms with Gasteiger partial charge in [-0.25, -0.2) is 0 Å². The topological polar surface area (TPSA) is 43.3 Å². The van der Waals surface area contributed by atoms with E-state index in [1.807, 2.05) is 12.1 Å². The van der Waals surface area contributed by atoms with Crippen molar-refractivity contribution in [2.45, 2.75) is 19.5 Å². The number of nitrogens with one attached hydrogen (secondary N) is 1. The molecule has 18 heavy (non-hydrogen) atoms. The molecule has 0 fully saturated rings. The first-order valence-corrected chi connectivity index (χ1v) is 6.18. The zero-order chi connectivity index (χ0) is 12.5. The van der Waals surface area contributed by atoms with Gasteiger partial charge in [-0.05, 0) is 24.6 Å². The molecular formula is C14H16N2O2. The molecule has 2 heterocycles. The third-order valence-electron chi connectivity index (χ3n) is 3.55. The predicted octanol–water partition coefficient (Wildman–Crippen LogP) is 1.46. The first kappa shape index (κ1) is 11.3. The van der Waals surface area contributed by atoms with Gasteiger partial charge in [0.2, 0.25) is 0 Å². The van der Waals surface area contributed by atoms with Crippen molar-refractivity contribution in [3.8, 4) is 0 Å². The van der Waals surface area contributed by atoms with Crippen molar-refractivity contribution in [1.82, 2.24) is 9.88 Å². The number of carbonyl (C=O) groups excluding carboxylic acids is 1. The number of hydrogen-bond donors (Lipinski definition) is 1. The Kier molecular flexibility index (Phi) is 2.80. The van der Waals surface area contributed by atoms with Crippen molar-refractivity contribution < 1.29 is 9.53 Å². The van der Waals surface area contributed by atoms with E-state index in [0.717, 1.165) is 25.0 Å². The Hall–Kier alpha value is -1.81. The second kappa shape index (κ2) is 4.46. The van der Waals surface area contributed by atoms with Gasteiger partial charge in [-0.2, -0.15) is 0 Å². The highest BCUT2D eigenvalue weighted by Gasteiger charge is 2.20. The van der Waals surface area contributed by atoms with Gasteiger partial charge in [0.05, 0.1) is 7.11 Å². The summed E-state index contributed by atoms with van der Waals surface area (Å²) in [4.78, 5) is 11.5. The van der Waals surface area contributed by atoms with E-state index in [4.69, 9.17) is 4.74 Å². The lowest BCUT2D eigenvalue weighted by atomic mass is 10.1. The number of rotatable bonds is 2. The summed E-state index contributed by atoms with van der Waals surface area (Å²) in [6, 6.07) is 8.26. The number of carbonyl (C=O) groups is 1. The molecule has 0 spiro atoms. The molecule has 94 valence electrons. The molecule has 4 nitrogen and oxygen atoms in total. The summed E-state index contributed by atoms with van der Waals surface area (Å²) in [5.41, 5.74) is 3.71. The summed E-state index contributed by atoms with van der Waals surface area (Å²) in [6.07, 6.45) is 1.02. The van der Waals surface area contributed by atoms with Crippen molar-refractivity contribution in [3.63, 3.8) is 0 Å². The summed E-state index contributed by atoms with van der Waals surface area (Å²) >= 11 is 0. The fourth-order valence-electron chi connectivity index (χ4n) is 2.70. The van der Waals surface area contributed by atoms with Crippen molar-refractivity contribution in [3.05, 3.63) is 35.5 Å². The number of ether oxygens (including phenoxy) is 1. The number of aromatic nitrogens is 1. The maximum atomic E-state index is 11.5. The minimum atomic E-state index is -0.205. The van der Waals surface area contributed by atoms with Gasteiger partial charge in [-0.3, -0.25) is 4.79 Å². The van der Waals surface area contributed by atoms with Crippen molar-refractivity contribution in [2.75, 3.05) is 13.7 Å². The van der Waals surface area contributed by atoms with Crippen molar-refractivity contribution in [2.24, 2.45) is 0 Å². The van der Waals surface area contributed by atoms with E-state index in [-0.39, 0.29) is 12.5 Å². The van der Waals surface area contributed by atoms with E-state index in [1.165, 1.54) is 23.8 Å². The number of fused-ring (bicyclic) bond motifs is 3. The van der Waals surface area contributed by atoms with Crippen LogP contribution in [0.4, 0.5) is 0 Å². The zero-order valence-electron chi connectivity index (χ0n) is 10.4. The fraction of sp³-hybridized carbons (Fsp3) is 0.357. The summed E-state index contributed by atoms with van der Waals surface area (Å²) in [7, 11) is 1.43. The van der Waals surface area contributed by atoms with E-state index in [0.29, 0.717) is 0 Å². The van der Waals surface area contributed by atoms with Crippen LogP contribution in [0.15, 0.2) is 24.3 Å². The van der Waals surface area contributed by atoms with E-state index in [1.54, 1.807) is 0 Å². The zero-order valence-corrected chi connectivity index (χ0v) is 10.4. The molecule has 1 N–H and O–H groups in total. The van der Waals surface area contributed by atoms with Gasteiger partial charge in [-0.1, -0.05) is 18.2 Å². The van der Waals surface area contributed by atoms with Crippen LogP contribution in [0, 0.1) is 0 Å². The third-order valence-corrected chi connectivity index (χ3v) is 3.55. The molecule has 2 aromatic rings. The van der Waals surface area contributed by atoms with Crippen LogP contribution >= 0.6 is 0 Å². The van der Waals surface area contributed by atoms with E-state index >= 15 is 0 Å². The minimum absolute atomic E-state index is 0.205. The molecule has 4 heteroatoms. The summed E-state index contributed by atoms with van der Waals surface area (Å²) in [5.74, 6) is -0.205. The number of benzene rings is 1. The highest BCUT2D eigenvalue weighted by molar-refractivity contribution is 5.87. The molecule has 1 aliphatic heterocycles. The first-order chi connectivity index (χ1) is 8.81. The smallest absolute Gasteiger partial charge is 0.325 e. The predicted molar refractivity (Wildman–Crippen MR) is 69.4 cm³/mol. The van der Waals surface area contributed by atoms with Gasteiger partial charge in [0, 0.05) is 23.1 Å². The van der Waals surface area contributed by atoms with Gasteiger partial charge in [0.25, 0.3) is 0 Å². The molecule has 0 saturated heterocycles. The Morgan fingerprint density at radius 3 is 3.11 bits per heavy atom. The summed E-state index contributed by atoms with van der Waals surface area (Å²) in [6.45, 7) is 2.11. The molecule has 0 aliphatic carbocycles. The molecule has 0 saturated carbocycles. The molecule has 3 rings (SSSR count). The van der Waals surface area contributed by atoms with E-state index in [2.05, 4.69) is 22.0 Å². The minimum Gasteiger partial charge on any atom is -0.468 e. The maximum absolute atomic E-state index is 11.5. The Balaban J connectivity index is 2.19. The van der Waals surface area contributed by atoms with Crippen LogP contribution in [0.5, 0.6) is 0 Å². The number of methoxy groups -OCH3 is 1. The van der Waals surface area contributed by atoms with Crippen LogP contribution in [0.3, 0.4) is 0 Å². The van der Waals surface area contributed by atoms with Crippen LogP contribution in [0.25, 0.3) is 10.9 Å². The molecule has 0 radical (unpaired) electrons. The lowest BCUT2D eigenvalue weighted by molar-refractivity contribution is -0.141. The average molecular weight is 244 g/mol. The Labute approximate surface area is 106 Å². The molecule has 1 aliphatic rings. The lowest BCUT2D eigenvalue weighted by Gasteiger charge is -2.16. The lowest BCUT2D eigenvalue weighted by Crippen LogP contribution is -2.26. The molecule has 1 aromatic heterocycles. The normalized spacial score (nSPS) is 14.5. The fourth-order valence-corrected chi connectivity index (χ4v) is 2.70. The SMILES string of the molecule is COC(=O)Cn1c2c(c3ccccc31)CCNC2. The number of nitrogens with zero attached hydrogens (tertiary/aromatic N) is 1. The molecule has 0 unspecified atom stereocenters. The second-order valence-corrected chi connectivity index (χ2v) is 4.53. The molecule has 0 bridgehead atoms. The van der Waals surface area contributed by atoms with Gasteiger partial charge >= 0.3 is 5.97 Å². The maximum Gasteiger partial charge on any atom is 0.325 e. The van der Waals surface area contributed by atoms with Gasteiger partial charge < -0.3 is 14.6 Å². The highest BCUT2D eigenvalue weighted by atomic mass is 16.5. The third kappa shape index (κ3) is 1.69. The summed E-state index contributed by atoms with van der Waals surface area (Å²) < 4.78 is 6.86. The van der Waals surface area contributed by atoms with Crippen LogP contribution in [0.1, 0.15) is 11.3 Å². The largest absolute Gasteiger partial charge is 0.468 e. The van der Waals surface area contributed by atoms with Gasteiger partial charge in [-0.15, -0.1) is 0 Å². The first-order valence-electron chi connectivity index (χ1n) is 6.18. The quantitative estimate of drug-likeness (QED) is 0.813. The van der Waals surface area contributed by atoms with Crippen LogP contribution in [0.2, 0.25) is 0 Å². The molecule has 0 atom stereocenters. The van der Waals surface area contributed by atoms with E-state index < -0.39 is 0 Å². The standard InChI is InChI=1S/C14H16N2O2/c1-18-14(17)9-16-12-5-3-2-4-10(12)11-6-7-15-8-13(11)16/h2-5,15H,6-9H2,1H3. The van der Waals surface area contributed by atoms with Crippen molar-refractivity contribution in [1.29, 1.82) is 0 Å². The second-order valence-electron chi connectivity index (χ2n) is 4.53. The molecular weight excluding hydrogens is 228 g/mol. The average Bonchev–Trinajstić information content (AvgIpc) is 2.74. The van der Waals surface area contributed by atoms with Crippen LogP contribution < -0.4 is 5.32 Å². The monoisotopic (exact) mass is 244 g/mol. The van der Waals surface area contributed by atoms with Gasteiger partial charge in [0.1, 0.15) is 6.54 Å². The van der Waals surface area contributed by atoms with Crippen molar-refractivity contribution >= 4 is 16.9 Å². The van der Waals surface area contributed by atoms with Crippen LogP contribution in [-0.4, -0.2) is 24.2 Å². The molecule has 0 amide bonds. The van der Waals surface area contributed by atoms with Gasteiger partial charge in [0.15, 0.2) is 0 Å². The van der Waals surface area contributed by atoms with Crippen LogP contribution in [-0.2, 0) is 29.0 Å². The summed E-state index contributed by atoms with van der Waals surface area (Å²) in [5, 5.41) is 4.62. The molecule has 1 aromatic carbocycles. The highest BCUT2D eigenvalue weighted by Crippen LogP contribution is 2.28. The Morgan fingerprint density at radius 1 is 1.44 bits per heavy atom. The number of hydrogen-bond acceptors (Lipinski definition) is 3.